The molecule has 0 aliphatic carbocycles. The van der Waals surface area contributed by atoms with E-state index in [-0.39, 0.29) is 11.2 Å². The van der Waals surface area contributed by atoms with Crippen LogP contribution in [-0.4, -0.2) is 38.0 Å². The molecule has 0 saturated carbocycles. The Balaban J connectivity index is 1.54. The summed E-state index contributed by atoms with van der Waals surface area (Å²) in [6.07, 6.45) is 3.52. The first-order valence-electron chi connectivity index (χ1n) is 10.7. The Morgan fingerprint density at radius 2 is 2.03 bits per heavy atom. The lowest BCUT2D eigenvalue weighted by atomic mass is 10.1. The van der Waals surface area contributed by atoms with E-state index in [2.05, 4.69) is 27.5 Å². The number of hydrogen-bond donors (Lipinski definition) is 2. The topological polar surface area (TPSA) is 84.7 Å². The normalized spacial score (nSPS) is 15.4. The molecule has 1 amide bonds. The summed E-state index contributed by atoms with van der Waals surface area (Å²) >= 11 is 3.42. The van der Waals surface area contributed by atoms with Crippen LogP contribution in [0.1, 0.15) is 36.6 Å². The van der Waals surface area contributed by atoms with E-state index >= 15 is 0 Å². The number of anilines is 2. The van der Waals surface area contributed by atoms with Gasteiger partial charge in [-0.05, 0) is 49.7 Å². The highest BCUT2D eigenvalue weighted by atomic mass is 32.2. The van der Waals surface area contributed by atoms with Gasteiger partial charge in [-0.1, -0.05) is 6.07 Å². The molecule has 4 aromatic heterocycles. The van der Waals surface area contributed by atoms with Crippen LogP contribution < -0.4 is 10.6 Å². The summed E-state index contributed by atoms with van der Waals surface area (Å²) in [7, 11) is 1.96. The first-order valence-corrected chi connectivity index (χ1v) is 12.6. The second kappa shape index (κ2) is 8.99. The number of thioether (sulfide) groups is 1. The number of fused-ring (bicyclic) bond motifs is 1. The number of carbonyl (C=O) groups is 1. The van der Waals surface area contributed by atoms with Gasteiger partial charge in [0.05, 0.1) is 27.2 Å². The highest BCUT2D eigenvalue weighted by Crippen LogP contribution is 2.48. The molecule has 0 aromatic carbocycles. The SMILES string of the molecule is Cc1cc(C(=O)Nc2cccnc2C)sc1C1SCCNc2c1c(-c1ccccn1)nn2C. The minimum absolute atomic E-state index is 0.0624. The smallest absolute Gasteiger partial charge is 0.265 e. The number of carbonyl (C=O) groups excluding carboxylic acids is 1. The van der Waals surface area contributed by atoms with Gasteiger partial charge in [-0.3, -0.25) is 19.4 Å². The molecular formula is C24H24N6OS2. The second-order valence-corrected chi connectivity index (χ2v) is 10.2. The minimum Gasteiger partial charge on any atom is -0.369 e. The number of aryl methyl sites for hydroxylation is 3. The molecule has 2 N–H and O–H groups in total. The zero-order valence-electron chi connectivity index (χ0n) is 18.6. The number of pyridine rings is 2. The van der Waals surface area contributed by atoms with E-state index in [0.717, 1.165) is 52.0 Å². The summed E-state index contributed by atoms with van der Waals surface area (Å²) in [5.74, 6) is 1.85. The second-order valence-electron chi connectivity index (χ2n) is 7.88. The van der Waals surface area contributed by atoms with Gasteiger partial charge in [-0.2, -0.15) is 5.10 Å². The molecule has 0 spiro atoms. The fraction of sp³-hybridized carbons (Fsp3) is 0.250. The maximum absolute atomic E-state index is 13.0. The number of hydrogen-bond acceptors (Lipinski definition) is 7. The van der Waals surface area contributed by atoms with Gasteiger partial charge >= 0.3 is 0 Å². The van der Waals surface area contributed by atoms with Crippen molar-refractivity contribution in [1.82, 2.24) is 19.7 Å². The Bertz CT molecular complexity index is 1310. The van der Waals surface area contributed by atoms with Gasteiger partial charge in [-0.25, -0.2) is 0 Å². The van der Waals surface area contributed by atoms with Crippen molar-refractivity contribution in [2.24, 2.45) is 7.05 Å². The van der Waals surface area contributed by atoms with E-state index in [1.54, 1.807) is 23.7 Å². The van der Waals surface area contributed by atoms with Crippen LogP contribution in [0.2, 0.25) is 0 Å². The molecule has 1 aliphatic heterocycles. The fourth-order valence-electron chi connectivity index (χ4n) is 4.00. The molecule has 0 saturated heterocycles. The summed E-state index contributed by atoms with van der Waals surface area (Å²) in [5.41, 5.74) is 5.49. The van der Waals surface area contributed by atoms with Crippen LogP contribution in [0.5, 0.6) is 0 Å². The molecule has 7 nitrogen and oxygen atoms in total. The highest BCUT2D eigenvalue weighted by Gasteiger charge is 2.32. The molecule has 9 heteroatoms. The van der Waals surface area contributed by atoms with Gasteiger partial charge in [0.25, 0.3) is 5.91 Å². The molecular weight excluding hydrogens is 452 g/mol. The van der Waals surface area contributed by atoms with Gasteiger partial charge in [0, 0.05) is 42.2 Å². The highest BCUT2D eigenvalue weighted by molar-refractivity contribution is 7.99. The van der Waals surface area contributed by atoms with E-state index in [1.165, 1.54) is 4.88 Å². The van der Waals surface area contributed by atoms with Crippen molar-refractivity contribution in [1.29, 1.82) is 0 Å². The molecule has 5 heterocycles. The van der Waals surface area contributed by atoms with Crippen LogP contribution in [-0.2, 0) is 7.05 Å². The number of rotatable bonds is 4. The van der Waals surface area contributed by atoms with E-state index in [0.29, 0.717) is 4.88 Å². The molecule has 0 bridgehead atoms. The monoisotopic (exact) mass is 476 g/mol. The number of amides is 1. The van der Waals surface area contributed by atoms with Crippen molar-refractivity contribution in [3.8, 4) is 11.4 Å². The number of aromatic nitrogens is 4. The Kier molecular flexibility index (Phi) is 5.90. The number of nitrogens with zero attached hydrogens (tertiary/aromatic N) is 4. The molecule has 5 rings (SSSR count). The summed E-state index contributed by atoms with van der Waals surface area (Å²) < 4.78 is 1.90. The van der Waals surface area contributed by atoms with Crippen molar-refractivity contribution in [2.75, 3.05) is 22.9 Å². The van der Waals surface area contributed by atoms with Crippen LogP contribution >= 0.6 is 23.1 Å². The Hall–Kier alpha value is -3.17. The van der Waals surface area contributed by atoms with Crippen molar-refractivity contribution >= 4 is 40.5 Å². The van der Waals surface area contributed by atoms with Gasteiger partial charge in [0.1, 0.15) is 11.5 Å². The van der Waals surface area contributed by atoms with E-state index in [1.807, 2.05) is 66.8 Å². The molecule has 168 valence electrons. The molecule has 1 atom stereocenters. The van der Waals surface area contributed by atoms with Crippen molar-refractivity contribution < 1.29 is 4.79 Å². The van der Waals surface area contributed by atoms with Crippen molar-refractivity contribution in [3.05, 3.63) is 75.4 Å². The zero-order valence-corrected chi connectivity index (χ0v) is 20.3. The third kappa shape index (κ3) is 4.14. The van der Waals surface area contributed by atoms with Gasteiger partial charge in [0.2, 0.25) is 0 Å². The Morgan fingerprint density at radius 1 is 1.18 bits per heavy atom. The third-order valence-corrected chi connectivity index (χ3v) is 8.30. The van der Waals surface area contributed by atoms with Gasteiger partial charge in [0.15, 0.2) is 0 Å². The fourth-order valence-corrected chi connectivity index (χ4v) is 6.59. The molecule has 1 unspecified atom stereocenters. The molecule has 4 aromatic rings. The largest absolute Gasteiger partial charge is 0.369 e. The molecule has 0 radical (unpaired) electrons. The van der Waals surface area contributed by atoms with Gasteiger partial charge in [-0.15, -0.1) is 23.1 Å². The van der Waals surface area contributed by atoms with E-state index in [4.69, 9.17) is 5.10 Å². The predicted octanol–water partition coefficient (Wildman–Crippen LogP) is 5.06. The number of thiophene rings is 1. The Labute approximate surface area is 200 Å². The standard InChI is InChI=1S/C24H24N6OS2/c1-14-13-18(24(31)28-16-8-6-10-25-15(16)2)33-21(14)22-19-20(17-7-4-5-9-26-17)29-30(3)23(19)27-11-12-32-22/h4-10,13,22,27H,11-12H2,1-3H3,(H,28,31). The average Bonchev–Trinajstić information content (AvgIpc) is 3.27. The Morgan fingerprint density at radius 3 is 2.82 bits per heavy atom. The maximum atomic E-state index is 13.0. The molecule has 33 heavy (non-hydrogen) atoms. The van der Waals surface area contributed by atoms with E-state index in [9.17, 15) is 4.79 Å². The summed E-state index contributed by atoms with van der Waals surface area (Å²) in [4.78, 5) is 23.7. The zero-order chi connectivity index (χ0) is 22.9. The van der Waals surface area contributed by atoms with Crippen LogP contribution in [0.15, 0.2) is 48.8 Å². The number of nitrogens with one attached hydrogen (secondary N) is 2. The first-order chi connectivity index (χ1) is 16.0. The summed E-state index contributed by atoms with van der Waals surface area (Å²) in [6, 6.07) is 11.6. The van der Waals surface area contributed by atoms with Crippen LogP contribution in [0.25, 0.3) is 11.4 Å². The van der Waals surface area contributed by atoms with Gasteiger partial charge < -0.3 is 10.6 Å². The van der Waals surface area contributed by atoms with Crippen LogP contribution in [0.4, 0.5) is 11.5 Å². The quantitative estimate of drug-likeness (QED) is 0.428. The van der Waals surface area contributed by atoms with E-state index < -0.39 is 0 Å². The van der Waals surface area contributed by atoms with Crippen LogP contribution in [0, 0.1) is 13.8 Å². The minimum atomic E-state index is -0.112. The lowest BCUT2D eigenvalue weighted by Crippen LogP contribution is -2.11. The lowest BCUT2D eigenvalue weighted by molar-refractivity contribution is 0.103. The maximum Gasteiger partial charge on any atom is 0.265 e. The molecule has 0 fully saturated rings. The lowest BCUT2D eigenvalue weighted by Gasteiger charge is -2.15. The van der Waals surface area contributed by atoms with Crippen LogP contribution in [0.3, 0.4) is 0 Å². The predicted molar refractivity (Wildman–Crippen MR) is 135 cm³/mol. The molecule has 1 aliphatic rings. The van der Waals surface area contributed by atoms with Crippen molar-refractivity contribution in [3.63, 3.8) is 0 Å². The summed E-state index contributed by atoms with van der Waals surface area (Å²) in [5, 5.41) is 11.4. The average molecular weight is 477 g/mol. The summed E-state index contributed by atoms with van der Waals surface area (Å²) in [6.45, 7) is 4.82. The first kappa shape index (κ1) is 21.7. The third-order valence-electron chi connectivity index (χ3n) is 5.61. The van der Waals surface area contributed by atoms with Crippen molar-refractivity contribution in [2.45, 2.75) is 19.1 Å².